The topological polar surface area (TPSA) is 29.5 Å². The van der Waals surface area contributed by atoms with E-state index in [2.05, 4.69) is 29.8 Å². The maximum absolute atomic E-state index is 12.1. The van der Waals surface area contributed by atoms with Gasteiger partial charge in [-0.1, -0.05) is 15.9 Å². The van der Waals surface area contributed by atoms with Crippen LogP contribution >= 0.6 is 15.9 Å². The number of likely N-dealkylation sites (tertiary alicyclic amines) is 1. The normalized spacial score (nSPS) is 42.3. The van der Waals surface area contributed by atoms with E-state index in [0.717, 1.165) is 32.4 Å². The highest BCUT2D eigenvalue weighted by Gasteiger charge is 2.46. The molecule has 2 fully saturated rings. The van der Waals surface area contributed by atoms with E-state index in [4.69, 9.17) is 4.74 Å². The third-order valence-electron chi connectivity index (χ3n) is 3.84. The third-order valence-corrected chi connectivity index (χ3v) is 4.69. The lowest BCUT2D eigenvalue weighted by molar-refractivity contribution is -0.140. The molecule has 1 amide bonds. The monoisotopic (exact) mass is 275 g/mol. The minimum Gasteiger partial charge on any atom is -0.376 e. The lowest BCUT2D eigenvalue weighted by Gasteiger charge is -2.44. The van der Waals surface area contributed by atoms with Crippen LogP contribution in [0.15, 0.2) is 0 Å². The Balaban J connectivity index is 2.18. The molecule has 0 saturated carbocycles. The zero-order chi connectivity index (χ0) is 11.1. The summed E-state index contributed by atoms with van der Waals surface area (Å²) >= 11 is 3.45. The number of amides is 1. The Bertz CT molecular complexity index is 271. The fraction of sp³-hybridized carbons (Fsp3) is 0.909. The summed E-state index contributed by atoms with van der Waals surface area (Å²) in [6, 6.07) is 0. The van der Waals surface area contributed by atoms with Crippen LogP contribution in [0.2, 0.25) is 0 Å². The Kier molecular flexibility index (Phi) is 3.08. The van der Waals surface area contributed by atoms with Gasteiger partial charge in [-0.05, 0) is 33.1 Å². The molecule has 15 heavy (non-hydrogen) atoms. The van der Waals surface area contributed by atoms with Gasteiger partial charge in [0.15, 0.2) is 0 Å². The third kappa shape index (κ3) is 1.82. The van der Waals surface area contributed by atoms with E-state index in [9.17, 15) is 4.79 Å². The van der Waals surface area contributed by atoms with Crippen molar-refractivity contribution < 1.29 is 9.53 Å². The maximum Gasteiger partial charge on any atom is 0.236 e. The number of carbonyl (C=O) groups is 1. The van der Waals surface area contributed by atoms with Crippen molar-refractivity contribution in [1.82, 2.24) is 4.90 Å². The van der Waals surface area contributed by atoms with Crippen LogP contribution < -0.4 is 0 Å². The van der Waals surface area contributed by atoms with E-state index < -0.39 is 0 Å². The SMILES string of the molecule is CC1OCCC1(C)N1CCCC(Br)C1=O. The van der Waals surface area contributed by atoms with E-state index in [0.29, 0.717) is 0 Å². The summed E-state index contributed by atoms with van der Waals surface area (Å²) in [5, 5.41) is 0. The Morgan fingerprint density at radius 2 is 2.33 bits per heavy atom. The first-order chi connectivity index (χ1) is 7.05. The van der Waals surface area contributed by atoms with Crippen molar-refractivity contribution in [1.29, 1.82) is 0 Å². The molecule has 0 aromatic carbocycles. The van der Waals surface area contributed by atoms with Gasteiger partial charge >= 0.3 is 0 Å². The second-order valence-electron chi connectivity index (χ2n) is 4.72. The van der Waals surface area contributed by atoms with Crippen molar-refractivity contribution in [2.75, 3.05) is 13.2 Å². The number of nitrogens with zero attached hydrogens (tertiary/aromatic N) is 1. The van der Waals surface area contributed by atoms with Crippen molar-refractivity contribution in [2.24, 2.45) is 0 Å². The molecule has 0 spiro atoms. The van der Waals surface area contributed by atoms with Crippen molar-refractivity contribution >= 4 is 21.8 Å². The van der Waals surface area contributed by atoms with Crippen LogP contribution in [0.4, 0.5) is 0 Å². The lowest BCUT2D eigenvalue weighted by Crippen LogP contribution is -2.57. The van der Waals surface area contributed by atoms with Gasteiger partial charge in [0, 0.05) is 13.2 Å². The number of hydrogen-bond acceptors (Lipinski definition) is 2. The highest BCUT2D eigenvalue weighted by Crippen LogP contribution is 2.35. The molecular formula is C11H18BrNO2. The first-order valence-corrected chi connectivity index (χ1v) is 6.54. The molecule has 2 aliphatic heterocycles. The van der Waals surface area contributed by atoms with Crippen molar-refractivity contribution in [2.45, 2.75) is 49.6 Å². The predicted octanol–water partition coefficient (Wildman–Crippen LogP) is 1.94. The zero-order valence-electron chi connectivity index (χ0n) is 9.33. The molecule has 2 heterocycles. The van der Waals surface area contributed by atoms with Gasteiger partial charge in [-0.25, -0.2) is 0 Å². The smallest absolute Gasteiger partial charge is 0.236 e. The molecule has 0 N–H and O–H groups in total. The number of rotatable bonds is 1. The van der Waals surface area contributed by atoms with Crippen LogP contribution in [-0.4, -0.2) is 40.4 Å². The van der Waals surface area contributed by atoms with E-state index >= 15 is 0 Å². The van der Waals surface area contributed by atoms with Crippen LogP contribution in [0.25, 0.3) is 0 Å². The lowest BCUT2D eigenvalue weighted by atomic mass is 9.90. The highest BCUT2D eigenvalue weighted by atomic mass is 79.9. The van der Waals surface area contributed by atoms with Gasteiger partial charge in [-0.15, -0.1) is 0 Å². The Morgan fingerprint density at radius 1 is 1.60 bits per heavy atom. The zero-order valence-corrected chi connectivity index (χ0v) is 10.9. The molecule has 0 bridgehead atoms. The van der Waals surface area contributed by atoms with E-state index in [-0.39, 0.29) is 22.4 Å². The van der Waals surface area contributed by atoms with E-state index in [1.54, 1.807) is 0 Å². The molecule has 86 valence electrons. The summed E-state index contributed by atoms with van der Waals surface area (Å²) < 4.78 is 5.60. The number of alkyl halides is 1. The van der Waals surface area contributed by atoms with E-state index in [1.807, 2.05) is 4.90 Å². The van der Waals surface area contributed by atoms with Gasteiger partial charge < -0.3 is 9.64 Å². The summed E-state index contributed by atoms with van der Waals surface area (Å²) in [6.45, 7) is 5.87. The molecule has 3 unspecified atom stereocenters. The van der Waals surface area contributed by atoms with Gasteiger partial charge in [-0.3, -0.25) is 4.79 Å². The Hall–Kier alpha value is -0.0900. The molecule has 0 aromatic rings. The van der Waals surface area contributed by atoms with Crippen molar-refractivity contribution in [3.63, 3.8) is 0 Å². The molecule has 2 rings (SSSR count). The number of halogens is 1. The average Bonchev–Trinajstić information content (AvgIpc) is 2.53. The van der Waals surface area contributed by atoms with Gasteiger partial charge in [0.05, 0.1) is 16.5 Å². The van der Waals surface area contributed by atoms with Gasteiger partial charge in [-0.2, -0.15) is 0 Å². The average molecular weight is 276 g/mol. The molecule has 0 aromatic heterocycles. The number of piperidine rings is 1. The predicted molar refractivity (Wildman–Crippen MR) is 62.1 cm³/mol. The van der Waals surface area contributed by atoms with Crippen molar-refractivity contribution in [3.05, 3.63) is 0 Å². The van der Waals surface area contributed by atoms with Crippen LogP contribution in [0.3, 0.4) is 0 Å². The summed E-state index contributed by atoms with van der Waals surface area (Å²) in [5.74, 6) is 0.237. The molecule has 2 aliphatic rings. The Labute approximate surface area is 99.3 Å². The second kappa shape index (κ2) is 4.06. The highest BCUT2D eigenvalue weighted by molar-refractivity contribution is 9.10. The summed E-state index contributed by atoms with van der Waals surface area (Å²) in [5.41, 5.74) is -0.0937. The summed E-state index contributed by atoms with van der Waals surface area (Å²) in [6.07, 6.45) is 3.16. The number of hydrogen-bond donors (Lipinski definition) is 0. The molecule has 0 radical (unpaired) electrons. The summed E-state index contributed by atoms with van der Waals surface area (Å²) in [7, 11) is 0. The van der Waals surface area contributed by atoms with Crippen molar-refractivity contribution in [3.8, 4) is 0 Å². The number of ether oxygens (including phenoxy) is 1. The van der Waals surface area contributed by atoms with Crippen LogP contribution in [0.5, 0.6) is 0 Å². The Morgan fingerprint density at radius 3 is 2.93 bits per heavy atom. The minimum atomic E-state index is -0.0937. The van der Waals surface area contributed by atoms with Crippen LogP contribution in [0.1, 0.15) is 33.1 Å². The van der Waals surface area contributed by atoms with E-state index in [1.165, 1.54) is 0 Å². The fourth-order valence-corrected chi connectivity index (χ4v) is 3.09. The van der Waals surface area contributed by atoms with Crippen LogP contribution in [-0.2, 0) is 9.53 Å². The van der Waals surface area contributed by atoms with Gasteiger partial charge in [0.2, 0.25) is 5.91 Å². The molecule has 4 heteroatoms. The maximum atomic E-state index is 12.1. The largest absolute Gasteiger partial charge is 0.376 e. The molecule has 3 atom stereocenters. The molecular weight excluding hydrogens is 258 g/mol. The molecule has 0 aliphatic carbocycles. The standard InChI is InChI=1S/C11H18BrNO2/c1-8-11(2,5-7-15-8)13-6-3-4-9(12)10(13)14/h8-9H,3-7H2,1-2H3. The quantitative estimate of drug-likeness (QED) is 0.685. The fourth-order valence-electron chi connectivity index (χ4n) is 2.52. The van der Waals surface area contributed by atoms with Gasteiger partial charge in [0.1, 0.15) is 0 Å². The second-order valence-corrected chi connectivity index (χ2v) is 5.83. The minimum absolute atomic E-state index is 0.0101. The summed E-state index contributed by atoms with van der Waals surface area (Å²) in [4.78, 5) is 14.1. The first kappa shape index (κ1) is 11.4. The first-order valence-electron chi connectivity index (χ1n) is 5.63. The molecule has 2 saturated heterocycles. The number of carbonyl (C=O) groups excluding carboxylic acids is 1. The molecule has 3 nitrogen and oxygen atoms in total. The van der Waals surface area contributed by atoms with Gasteiger partial charge in [0.25, 0.3) is 0 Å². The van der Waals surface area contributed by atoms with Crippen LogP contribution in [0, 0.1) is 0 Å².